The molecule has 1 saturated heterocycles. The Bertz CT molecular complexity index is 110. The molecule has 1 aliphatic rings. The second-order valence-electron chi connectivity index (χ2n) is 2.57. The molecule has 0 spiro atoms. The monoisotopic (exact) mass is 151 g/mol. The number of hydrogen-bond donors (Lipinski definition) is 0. The Balaban J connectivity index is 2.18. The lowest BCUT2D eigenvalue weighted by molar-refractivity contribution is -0.158. The summed E-state index contributed by atoms with van der Waals surface area (Å²) in [6.45, 7) is -1.13. The summed E-state index contributed by atoms with van der Waals surface area (Å²) >= 11 is 0. The van der Waals surface area contributed by atoms with Gasteiger partial charge in [-0.2, -0.15) is 8.78 Å². The number of halogens is 2. The predicted octanol–water partition coefficient (Wildman–Crippen LogP) is 0.930. The quantitative estimate of drug-likeness (QED) is 0.582. The molecule has 0 radical (unpaired) electrons. The molecule has 10 heavy (non-hydrogen) atoms. The van der Waals surface area contributed by atoms with Gasteiger partial charge in [0.1, 0.15) is 0 Å². The maximum Gasteiger partial charge on any atom is 0.345 e. The predicted molar refractivity (Wildman–Crippen MR) is 33.0 cm³/mol. The van der Waals surface area contributed by atoms with E-state index in [0.29, 0.717) is 6.54 Å². The van der Waals surface area contributed by atoms with Gasteiger partial charge in [-0.15, -0.1) is 0 Å². The van der Waals surface area contributed by atoms with Crippen molar-refractivity contribution in [3.63, 3.8) is 0 Å². The summed E-state index contributed by atoms with van der Waals surface area (Å²) < 4.78 is 27.5. The van der Waals surface area contributed by atoms with Crippen molar-refractivity contribution in [2.75, 3.05) is 20.1 Å². The minimum Gasteiger partial charge on any atom is -0.318 e. The van der Waals surface area contributed by atoms with Gasteiger partial charge in [0, 0.05) is 13.1 Å². The summed E-state index contributed by atoms with van der Waals surface area (Å²) in [5, 5.41) is 0. The third kappa shape index (κ3) is 2.19. The van der Waals surface area contributed by atoms with Crippen LogP contribution >= 0.6 is 0 Å². The molecule has 60 valence electrons. The molecule has 1 rings (SSSR count). The zero-order chi connectivity index (χ0) is 7.56. The first-order valence-electron chi connectivity index (χ1n) is 3.30. The van der Waals surface area contributed by atoms with E-state index in [4.69, 9.17) is 0 Å². The first kappa shape index (κ1) is 7.88. The van der Waals surface area contributed by atoms with Crippen molar-refractivity contribution in [3.8, 4) is 0 Å². The standard InChI is InChI=1S/C6H11F2NO/c1-9-3-2-5(4-9)10-6(7)8/h5-6H,2-4H2,1H3. The van der Waals surface area contributed by atoms with E-state index >= 15 is 0 Å². The number of alkyl halides is 2. The van der Waals surface area contributed by atoms with Crippen molar-refractivity contribution in [1.29, 1.82) is 0 Å². The van der Waals surface area contributed by atoms with Crippen LogP contribution in [0.2, 0.25) is 0 Å². The lowest BCUT2D eigenvalue weighted by atomic mass is 10.3. The number of ether oxygens (including phenoxy) is 1. The minimum absolute atomic E-state index is 0.259. The van der Waals surface area contributed by atoms with Crippen molar-refractivity contribution in [2.45, 2.75) is 19.1 Å². The number of likely N-dealkylation sites (tertiary alicyclic amines) is 1. The first-order chi connectivity index (χ1) is 4.68. The van der Waals surface area contributed by atoms with Gasteiger partial charge in [-0.25, -0.2) is 0 Å². The molecular weight excluding hydrogens is 140 g/mol. The van der Waals surface area contributed by atoms with Gasteiger partial charge in [-0.05, 0) is 13.5 Å². The van der Waals surface area contributed by atoms with E-state index in [-0.39, 0.29) is 6.10 Å². The first-order valence-corrected chi connectivity index (χ1v) is 3.30. The molecule has 0 aliphatic carbocycles. The second kappa shape index (κ2) is 3.25. The topological polar surface area (TPSA) is 12.5 Å². The van der Waals surface area contributed by atoms with Crippen LogP contribution in [0.5, 0.6) is 0 Å². The summed E-state index contributed by atoms with van der Waals surface area (Å²) in [6, 6.07) is 0. The summed E-state index contributed by atoms with van der Waals surface area (Å²) in [5.41, 5.74) is 0. The third-order valence-corrected chi connectivity index (χ3v) is 1.64. The fourth-order valence-corrected chi connectivity index (χ4v) is 1.15. The van der Waals surface area contributed by atoms with Crippen LogP contribution in [0.3, 0.4) is 0 Å². The molecule has 0 aromatic heterocycles. The maximum atomic E-state index is 11.6. The highest BCUT2D eigenvalue weighted by molar-refractivity contribution is 4.72. The molecule has 0 aromatic rings. The number of hydrogen-bond acceptors (Lipinski definition) is 2. The second-order valence-corrected chi connectivity index (χ2v) is 2.57. The number of nitrogens with zero attached hydrogens (tertiary/aromatic N) is 1. The highest BCUT2D eigenvalue weighted by Crippen LogP contribution is 2.13. The fraction of sp³-hybridized carbons (Fsp3) is 1.00. The Kier molecular flexibility index (Phi) is 2.56. The lowest BCUT2D eigenvalue weighted by Crippen LogP contribution is -2.20. The minimum atomic E-state index is -2.61. The van der Waals surface area contributed by atoms with Crippen LogP contribution in [-0.4, -0.2) is 37.8 Å². The van der Waals surface area contributed by atoms with Gasteiger partial charge in [0.2, 0.25) is 0 Å². The molecule has 0 N–H and O–H groups in total. The molecule has 0 aromatic carbocycles. The van der Waals surface area contributed by atoms with Crippen molar-refractivity contribution in [1.82, 2.24) is 4.90 Å². The van der Waals surface area contributed by atoms with E-state index in [1.54, 1.807) is 0 Å². The Morgan fingerprint density at radius 2 is 2.30 bits per heavy atom. The molecule has 4 heteroatoms. The summed E-state index contributed by atoms with van der Waals surface area (Å²) in [5.74, 6) is 0. The number of likely N-dealkylation sites (N-methyl/N-ethyl adjacent to an activating group) is 1. The van der Waals surface area contributed by atoms with E-state index in [1.807, 2.05) is 11.9 Å². The summed E-state index contributed by atoms with van der Waals surface area (Å²) in [7, 11) is 1.90. The Hall–Kier alpha value is -0.220. The third-order valence-electron chi connectivity index (χ3n) is 1.64. The van der Waals surface area contributed by atoms with Crippen LogP contribution in [0, 0.1) is 0 Å². The van der Waals surface area contributed by atoms with Gasteiger partial charge < -0.3 is 9.64 Å². The Morgan fingerprint density at radius 1 is 1.60 bits per heavy atom. The van der Waals surface area contributed by atoms with Crippen LogP contribution in [0.25, 0.3) is 0 Å². The van der Waals surface area contributed by atoms with Crippen molar-refractivity contribution >= 4 is 0 Å². The number of rotatable bonds is 2. The van der Waals surface area contributed by atoms with E-state index in [2.05, 4.69) is 4.74 Å². The lowest BCUT2D eigenvalue weighted by Gasteiger charge is -2.09. The normalized spacial score (nSPS) is 28.2. The van der Waals surface area contributed by atoms with Gasteiger partial charge >= 0.3 is 6.61 Å². The average Bonchev–Trinajstić information content (AvgIpc) is 2.13. The highest BCUT2D eigenvalue weighted by atomic mass is 19.3. The van der Waals surface area contributed by atoms with Crippen LogP contribution < -0.4 is 0 Å². The molecular formula is C6H11F2NO. The van der Waals surface area contributed by atoms with E-state index in [0.717, 1.165) is 13.0 Å². The summed E-state index contributed by atoms with van der Waals surface area (Å²) in [4.78, 5) is 1.98. The molecule has 1 fully saturated rings. The summed E-state index contributed by atoms with van der Waals surface area (Å²) in [6.07, 6.45) is 0.464. The van der Waals surface area contributed by atoms with Crippen molar-refractivity contribution < 1.29 is 13.5 Å². The fourth-order valence-electron chi connectivity index (χ4n) is 1.15. The molecule has 1 unspecified atom stereocenters. The van der Waals surface area contributed by atoms with Gasteiger partial charge in [0.05, 0.1) is 6.10 Å². The van der Waals surface area contributed by atoms with Crippen LogP contribution in [0.15, 0.2) is 0 Å². The molecule has 1 atom stereocenters. The van der Waals surface area contributed by atoms with Crippen LogP contribution in [-0.2, 0) is 4.74 Å². The Morgan fingerprint density at radius 3 is 2.70 bits per heavy atom. The highest BCUT2D eigenvalue weighted by Gasteiger charge is 2.22. The molecule has 0 saturated carbocycles. The smallest absolute Gasteiger partial charge is 0.318 e. The zero-order valence-electron chi connectivity index (χ0n) is 5.89. The molecule has 0 amide bonds. The van der Waals surface area contributed by atoms with Gasteiger partial charge in [-0.3, -0.25) is 0 Å². The SMILES string of the molecule is CN1CCC(OC(F)F)C1. The Labute approximate surface area is 58.8 Å². The largest absolute Gasteiger partial charge is 0.345 e. The van der Waals surface area contributed by atoms with E-state index in [1.165, 1.54) is 0 Å². The van der Waals surface area contributed by atoms with Crippen LogP contribution in [0.4, 0.5) is 8.78 Å². The molecule has 0 bridgehead atoms. The van der Waals surface area contributed by atoms with E-state index < -0.39 is 6.61 Å². The van der Waals surface area contributed by atoms with Gasteiger partial charge in [0.25, 0.3) is 0 Å². The molecule has 1 aliphatic heterocycles. The van der Waals surface area contributed by atoms with E-state index in [9.17, 15) is 8.78 Å². The van der Waals surface area contributed by atoms with Gasteiger partial charge in [-0.1, -0.05) is 0 Å². The van der Waals surface area contributed by atoms with Crippen LogP contribution in [0.1, 0.15) is 6.42 Å². The van der Waals surface area contributed by atoms with Gasteiger partial charge in [0.15, 0.2) is 0 Å². The maximum absolute atomic E-state index is 11.6. The van der Waals surface area contributed by atoms with Crippen molar-refractivity contribution in [3.05, 3.63) is 0 Å². The molecule has 1 heterocycles. The average molecular weight is 151 g/mol. The zero-order valence-corrected chi connectivity index (χ0v) is 5.89. The molecule has 2 nitrogen and oxygen atoms in total. The van der Waals surface area contributed by atoms with Crippen molar-refractivity contribution in [2.24, 2.45) is 0 Å².